The molecule has 0 unspecified atom stereocenters. The minimum Gasteiger partial charge on any atom is -0.491 e. The van der Waals surface area contributed by atoms with Crippen molar-refractivity contribution in [2.75, 3.05) is 31.0 Å². The maximum Gasteiger partial charge on any atom is 0.339 e. The third-order valence-electron chi connectivity index (χ3n) is 8.72. The number of carbonyl (C=O) groups excluding carboxylic acids is 4. The number of benzene rings is 1. The van der Waals surface area contributed by atoms with Gasteiger partial charge < -0.3 is 24.9 Å². The lowest BCUT2D eigenvalue weighted by molar-refractivity contribution is 0.0600. The molecule has 5 heterocycles. The van der Waals surface area contributed by atoms with Crippen LogP contribution in [0.1, 0.15) is 73.3 Å². The largest absolute Gasteiger partial charge is 0.491 e. The van der Waals surface area contributed by atoms with Crippen LogP contribution in [0, 0.1) is 13.8 Å². The third-order valence-corrected chi connectivity index (χ3v) is 8.72. The van der Waals surface area contributed by atoms with Gasteiger partial charge in [-0.25, -0.2) is 19.7 Å². The number of hydrogen-bond acceptors (Lipinski definition) is 12. The molecule has 1 aromatic carbocycles. The SMILES string of the molecule is CCn1nc(C)cc1C(=O)Nc1nc2cc(C(=O)OC)cnc2n1C/C=C/Cn1c(NC(=O)c2cc(C)nn2CC)nc2cc(C(N)=O)cc(OCCCO)c21. The zero-order chi connectivity index (χ0) is 40.1. The van der Waals surface area contributed by atoms with E-state index in [4.69, 9.17) is 15.2 Å². The van der Waals surface area contributed by atoms with Gasteiger partial charge in [0.15, 0.2) is 5.65 Å². The lowest BCUT2D eigenvalue weighted by Crippen LogP contribution is -2.20. The number of nitrogens with zero attached hydrogens (tertiary/aromatic N) is 9. The fourth-order valence-electron chi connectivity index (χ4n) is 6.14. The second kappa shape index (κ2) is 16.6. The van der Waals surface area contributed by atoms with Crippen LogP contribution >= 0.6 is 0 Å². The first-order chi connectivity index (χ1) is 27.0. The highest BCUT2D eigenvalue weighted by Crippen LogP contribution is 2.32. The minimum absolute atomic E-state index is 0.113. The van der Waals surface area contributed by atoms with Gasteiger partial charge in [-0.15, -0.1) is 0 Å². The summed E-state index contributed by atoms with van der Waals surface area (Å²) in [5.41, 5.74) is 9.54. The van der Waals surface area contributed by atoms with E-state index in [0.717, 1.165) is 0 Å². The maximum atomic E-state index is 13.6. The van der Waals surface area contributed by atoms with E-state index >= 15 is 0 Å². The number of carbonyl (C=O) groups is 4. The number of hydrogen-bond donors (Lipinski definition) is 4. The van der Waals surface area contributed by atoms with E-state index in [2.05, 4.69) is 35.8 Å². The molecule has 0 bridgehead atoms. The van der Waals surface area contributed by atoms with Gasteiger partial charge in [0.05, 0.1) is 36.2 Å². The van der Waals surface area contributed by atoms with Crippen molar-refractivity contribution in [3.8, 4) is 5.75 Å². The summed E-state index contributed by atoms with van der Waals surface area (Å²) >= 11 is 0. The molecule has 0 spiro atoms. The first-order valence-electron chi connectivity index (χ1n) is 17.8. The fourth-order valence-corrected chi connectivity index (χ4v) is 6.14. The van der Waals surface area contributed by atoms with Crippen LogP contribution in [0.15, 0.2) is 48.7 Å². The number of allylic oxidation sites excluding steroid dienone is 2. The standard InChI is InChI=1S/C37H42N12O7/c1-6-48-27(15-21(3)44-48)33(52)42-36-40-25-17-23(31(38)51)19-29(56-14-10-13-50)30(25)46(36)11-8-9-12-47-32-26(18-24(20-39-32)35(54)55-5)41-37(47)43-34(53)28-16-22(4)45-49(28)7-2/h8-9,15-20,50H,6-7,10-14H2,1-5H3,(H2,38,51)(H,40,42,52)(H,41,43,53)/b9-8+. The van der Waals surface area contributed by atoms with E-state index in [1.165, 1.54) is 31.5 Å². The zero-order valence-corrected chi connectivity index (χ0v) is 31.6. The fraction of sp³-hybridized carbons (Fsp3) is 0.324. The van der Waals surface area contributed by atoms with Crippen LogP contribution in [0.3, 0.4) is 0 Å². The number of nitrogens with one attached hydrogen (secondary N) is 2. The first kappa shape index (κ1) is 38.8. The van der Waals surface area contributed by atoms with Crippen molar-refractivity contribution >= 4 is 57.8 Å². The molecule has 0 atom stereocenters. The number of fused-ring (bicyclic) bond motifs is 2. The van der Waals surface area contributed by atoms with Gasteiger partial charge in [-0.2, -0.15) is 10.2 Å². The number of methoxy groups -OCH3 is 1. The Hall–Kier alpha value is -6.89. The molecule has 0 saturated heterocycles. The van der Waals surface area contributed by atoms with Gasteiger partial charge in [-0.05, 0) is 58.0 Å². The highest BCUT2D eigenvalue weighted by molar-refractivity contribution is 6.05. The van der Waals surface area contributed by atoms with Crippen molar-refractivity contribution in [2.45, 2.75) is 60.3 Å². The molecule has 292 valence electrons. The molecule has 0 fully saturated rings. The van der Waals surface area contributed by atoms with Crippen molar-refractivity contribution in [2.24, 2.45) is 5.73 Å². The van der Waals surface area contributed by atoms with Crippen LogP contribution in [0.5, 0.6) is 5.75 Å². The normalized spacial score (nSPS) is 11.5. The summed E-state index contributed by atoms with van der Waals surface area (Å²) in [7, 11) is 1.27. The van der Waals surface area contributed by atoms with Crippen molar-refractivity contribution in [1.29, 1.82) is 0 Å². The molecular weight excluding hydrogens is 724 g/mol. The summed E-state index contributed by atoms with van der Waals surface area (Å²) in [4.78, 5) is 65.4. The monoisotopic (exact) mass is 766 g/mol. The van der Waals surface area contributed by atoms with Crippen molar-refractivity contribution in [1.82, 2.24) is 43.6 Å². The molecule has 0 aliphatic rings. The van der Waals surface area contributed by atoms with Crippen LogP contribution in [0.2, 0.25) is 0 Å². The number of aliphatic hydroxyl groups excluding tert-OH is 1. The number of primary amides is 1. The number of pyridine rings is 1. The van der Waals surface area contributed by atoms with Gasteiger partial charge in [0.25, 0.3) is 11.8 Å². The summed E-state index contributed by atoms with van der Waals surface area (Å²) in [5, 5.41) is 23.9. The van der Waals surface area contributed by atoms with Crippen molar-refractivity contribution in [3.63, 3.8) is 0 Å². The number of aliphatic hydroxyl groups is 1. The maximum absolute atomic E-state index is 13.6. The van der Waals surface area contributed by atoms with Crippen LogP contribution in [0.25, 0.3) is 22.2 Å². The number of nitrogens with two attached hydrogens (primary N) is 1. The lowest BCUT2D eigenvalue weighted by atomic mass is 10.1. The minimum atomic E-state index is -0.696. The molecule has 6 rings (SSSR count). The van der Waals surface area contributed by atoms with Gasteiger partial charge in [-0.3, -0.25) is 38.9 Å². The van der Waals surface area contributed by atoms with E-state index < -0.39 is 23.7 Å². The van der Waals surface area contributed by atoms with Crippen LogP contribution in [-0.4, -0.2) is 92.8 Å². The zero-order valence-electron chi connectivity index (χ0n) is 31.6. The quantitative estimate of drug-likeness (QED) is 0.0631. The van der Waals surface area contributed by atoms with Gasteiger partial charge in [-0.1, -0.05) is 12.2 Å². The average molecular weight is 767 g/mol. The molecule has 0 radical (unpaired) electrons. The number of aryl methyl sites for hydroxylation is 4. The van der Waals surface area contributed by atoms with Crippen LogP contribution < -0.4 is 21.1 Å². The Morgan fingerprint density at radius 2 is 1.39 bits per heavy atom. The predicted molar refractivity (Wildman–Crippen MR) is 205 cm³/mol. The second-order valence-corrected chi connectivity index (χ2v) is 12.6. The Morgan fingerprint density at radius 3 is 1.96 bits per heavy atom. The molecule has 56 heavy (non-hydrogen) atoms. The Kier molecular flexibility index (Phi) is 11.5. The predicted octanol–water partition coefficient (Wildman–Crippen LogP) is 3.24. The topological polar surface area (TPSA) is 241 Å². The Bertz CT molecular complexity index is 2490. The Balaban J connectivity index is 1.38. The first-order valence-corrected chi connectivity index (χ1v) is 17.8. The number of rotatable bonds is 16. The van der Waals surface area contributed by atoms with E-state index in [1.54, 1.807) is 44.5 Å². The van der Waals surface area contributed by atoms with Gasteiger partial charge in [0.1, 0.15) is 28.2 Å². The lowest BCUT2D eigenvalue weighted by Gasteiger charge is -2.13. The smallest absolute Gasteiger partial charge is 0.339 e. The van der Waals surface area contributed by atoms with E-state index in [0.29, 0.717) is 64.5 Å². The van der Waals surface area contributed by atoms with E-state index in [-0.39, 0.29) is 55.1 Å². The Labute approximate surface area is 320 Å². The molecular formula is C37H42N12O7. The third kappa shape index (κ3) is 7.97. The number of imidazole rings is 2. The van der Waals surface area contributed by atoms with Crippen molar-refractivity contribution in [3.05, 3.63) is 82.6 Å². The highest BCUT2D eigenvalue weighted by atomic mass is 16.5. The van der Waals surface area contributed by atoms with Crippen LogP contribution in [-0.2, 0) is 30.9 Å². The molecule has 0 saturated carbocycles. The molecule has 19 nitrogen and oxygen atoms in total. The van der Waals surface area contributed by atoms with E-state index in [9.17, 15) is 24.3 Å². The number of anilines is 2. The summed E-state index contributed by atoms with van der Waals surface area (Å²) in [5.74, 6) is -1.56. The summed E-state index contributed by atoms with van der Waals surface area (Å²) in [6.45, 7) is 8.62. The van der Waals surface area contributed by atoms with Gasteiger partial charge >= 0.3 is 5.97 Å². The Morgan fingerprint density at radius 1 is 0.821 bits per heavy atom. The number of amides is 3. The number of aromatic nitrogens is 9. The second-order valence-electron chi connectivity index (χ2n) is 12.6. The molecule has 0 aliphatic carbocycles. The van der Waals surface area contributed by atoms with Gasteiger partial charge in [0.2, 0.25) is 17.8 Å². The molecule has 3 amide bonds. The summed E-state index contributed by atoms with van der Waals surface area (Å²) in [6.07, 6.45) is 5.32. The number of esters is 1. The molecule has 5 aromatic heterocycles. The summed E-state index contributed by atoms with van der Waals surface area (Å²) in [6, 6.07) is 7.89. The van der Waals surface area contributed by atoms with E-state index in [1.807, 2.05) is 26.0 Å². The average Bonchev–Trinajstić information content (AvgIpc) is 3.94. The molecule has 6 aromatic rings. The molecule has 5 N–H and O–H groups in total. The van der Waals surface area contributed by atoms with Crippen molar-refractivity contribution < 1.29 is 33.8 Å². The molecule has 0 aliphatic heterocycles. The van der Waals surface area contributed by atoms with Crippen LogP contribution in [0.4, 0.5) is 11.9 Å². The number of ether oxygens (including phenoxy) is 2. The summed E-state index contributed by atoms with van der Waals surface area (Å²) < 4.78 is 17.4. The van der Waals surface area contributed by atoms with Gasteiger partial charge in [0, 0.05) is 51.0 Å². The molecule has 19 heteroatoms. The highest BCUT2D eigenvalue weighted by Gasteiger charge is 2.23.